The first-order valence-corrected chi connectivity index (χ1v) is 9.76. The van der Waals surface area contributed by atoms with E-state index in [9.17, 15) is 14.0 Å². The maximum atomic E-state index is 13.3. The fraction of sp³-hybridized carbons (Fsp3) is 0.190. The van der Waals surface area contributed by atoms with Crippen LogP contribution >= 0.6 is 11.3 Å². The first kappa shape index (κ1) is 18.3. The van der Waals surface area contributed by atoms with Gasteiger partial charge in [0.2, 0.25) is 5.95 Å². The number of thiophene rings is 1. The Morgan fingerprint density at radius 2 is 1.93 bits per heavy atom. The van der Waals surface area contributed by atoms with Gasteiger partial charge in [-0.05, 0) is 61.2 Å². The normalized spacial score (nSPS) is 13.2. The second-order valence-electron chi connectivity index (χ2n) is 6.76. The van der Waals surface area contributed by atoms with Crippen molar-refractivity contribution in [1.82, 2.24) is 10.3 Å². The molecule has 1 fully saturated rings. The molecule has 0 aliphatic heterocycles. The summed E-state index contributed by atoms with van der Waals surface area (Å²) in [6.07, 6.45) is 3.43. The van der Waals surface area contributed by atoms with Crippen molar-refractivity contribution in [3.05, 3.63) is 70.6 Å². The number of carbonyl (C=O) groups excluding carboxylic acids is 2. The number of rotatable bonds is 5. The lowest BCUT2D eigenvalue weighted by Crippen LogP contribution is -2.25. The summed E-state index contributed by atoms with van der Waals surface area (Å²) < 4.78 is 13.3. The number of anilines is 1. The number of amides is 2. The second kappa shape index (κ2) is 7.52. The Hall–Kier alpha value is -3.06. The highest BCUT2D eigenvalue weighted by atomic mass is 32.1. The zero-order valence-corrected chi connectivity index (χ0v) is 16.0. The van der Waals surface area contributed by atoms with Crippen LogP contribution in [0.1, 0.15) is 38.4 Å². The Bertz CT molecular complexity index is 1060. The maximum absolute atomic E-state index is 13.3. The lowest BCUT2D eigenvalue weighted by atomic mass is 10.1. The summed E-state index contributed by atoms with van der Waals surface area (Å²) >= 11 is 1.27. The van der Waals surface area contributed by atoms with Crippen molar-refractivity contribution >= 4 is 28.8 Å². The van der Waals surface area contributed by atoms with Crippen LogP contribution in [0.15, 0.2) is 48.7 Å². The van der Waals surface area contributed by atoms with Crippen molar-refractivity contribution in [1.29, 1.82) is 0 Å². The smallest absolute Gasteiger partial charge is 0.265 e. The third kappa shape index (κ3) is 4.09. The number of carbonyl (C=O) groups is 2. The van der Waals surface area contributed by atoms with Crippen molar-refractivity contribution in [2.24, 2.45) is 0 Å². The van der Waals surface area contributed by atoms with Crippen LogP contribution in [0.3, 0.4) is 0 Å². The molecule has 5 nitrogen and oxygen atoms in total. The van der Waals surface area contributed by atoms with Gasteiger partial charge in [0.05, 0.1) is 4.88 Å². The molecule has 7 heteroatoms. The Morgan fingerprint density at radius 1 is 1.11 bits per heavy atom. The van der Waals surface area contributed by atoms with E-state index in [0.29, 0.717) is 21.7 Å². The number of benzene rings is 1. The van der Waals surface area contributed by atoms with Gasteiger partial charge >= 0.3 is 0 Å². The molecule has 0 saturated heterocycles. The van der Waals surface area contributed by atoms with Gasteiger partial charge in [-0.15, -0.1) is 11.3 Å². The van der Waals surface area contributed by atoms with Crippen LogP contribution in [-0.4, -0.2) is 22.8 Å². The van der Waals surface area contributed by atoms with E-state index in [1.807, 2.05) is 13.0 Å². The average molecular weight is 395 g/mol. The van der Waals surface area contributed by atoms with Gasteiger partial charge < -0.3 is 10.6 Å². The quantitative estimate of drug-likeness (QED) is 0.629. The van der Waals surface area contributed by atoms with Crippen molar-refractivity contribution in [2.75, 3.05) is 5.32 Å². The first-order valence-electron chi connectivity index (χ1n) is 8.94. The van der Waals surface area contributed by atoms with Crippen molar-refractivity contribution in [2.45, 2.75) is 25.8 Å². The van der Waals surface area contributed by atoms with Crippen LogP contribution in [0.5, 0.6) is 0 Å². The Kier molecular flexibility index (Phi) is 4.92. The molecule has 2 aromatic heterocycles. The lowest BCUT2D eigenvalue weighted by Gasteiger charge is -2.10. The predicted molar refractivity (Wildman–Crippen MR) is 107 cm³/mol. The van der Waals surface area contributed by atoms with Crippen molar-refractivity contribution in [3.8, 4) is 10.4 Å². The van der Waals surface area contributed by atoms with Crippen LogP contribution in [0.25, 0.3) is 10.4 Å². The highest BCUT2D eigenvalue weighted by molar-refractivity contribution is 7.17. The molecule has 1 saturated carbocycles. The average Bonchev–Trinajstić information content (AvgIpc) is 3.34. The molecule has 4 rings (SSSR count). The summed E-state index contributed by atoms with van der Waals surface area (Å²) in [7, 11) is 0. The predicted octanol–water partition coefficient (Wildman–Crippen LogP) is 4.40. The van der Waals surface area contributed by atoms with Crippen molar-refractivity contribution < 1.29 is 14.0 Å². The molecule has 3 aromatic rings. The summed E-state index contributed by atoms with van der Waals surface area (Å²) in [4.78, 5) is 29.7. The highest BCUT2D eigenvalue weighted by Crippen LogP contribution is 2.29. The number of hydrogen-bond donors (Lipinski definition) is 2. The minimum atomic E-state index is -0.561. The van der Waals surface area contributed by atoms with E-state index < -0.39 is 5.95 Å². The van der Waals surface area contributed by atoms with Crippen LogP contribution in [0, 0.1) is 12.9 Å². The van der Waals surface area contributed by atoms with E-state index in [-0.39, 0.29) is 17.9 Å². The molecule has 0 radical (unpaired) electrons. The number of halogens is 1. The molecule has 142 valence electrons. The van der Waals surface area contributed by atoms with Crippen LogP contribution in [0.4, 0.5) is 10.1 Å². The lowest BCUT2D eigenvalue weighted by molar-refractivity contribution is 0.0949. The minimum Gasteiger partial charge on any atom is -0.349 e. The third-order valence-corrected chi connectivity index (χ3v) is 5.63. The highest BCUT2D eigenvalue weighted by Gasteiger charge is 2.24. The van der Waals surface area contributed by atoms with E-state index >= 15 is 0 Å². The zero-order valence-electron chi connectivity index (χ0n) is 15.2. The summed E-state index contributed by atoms with van der Waals surface area (Å²) in [5, 5.41) is 5.81. The number of nitrogens with zero attached hydrogens (tertiary/aromatic N) is 1. The third-order valence-electron chi connectivity index (χ3n) is 4.50. The van der Waals surface area contributed by atoms with E-state index in [1.165, 1.54) is 23.6 Å². The molecule has 28 heavy (non-hydrogen) atoms. The summed E-state index contributed by atoms with van der Waals surface area (Å²) in [6.45, 7) is 1.87. The molecule has 1 aromatic carbocycles. The van der Waals surface area contributed by atoms with E-state index in [2.05, 4.69) is 15.6 Å². The molecular formula is C21H18FN3O2S. The molecule has 1 aliphatic rings. The summed E-state index contributed by atoms with van der Waals surface area (Å²) in [5.41, 5.74) is 2.65. The molecule has 0 bridgehead atoms. The monoisotopic (exact) mass is 395 g/mol. The molecule has 1 aliphatic carbocycles. The van der Waals surface area contributed by atoms with Crippen LogP contribution < -0.4 is 10.6 Å². The second-order valence-corrected chi connectivity index (χ2v) is 7.85. The number of aryl methyl sites for hydroxylation is 1. The standard InChI is InChI=1S/C21H18FN3O2S/c1-12-2-3-14(20(26)24-15-4-5-15)10-16(12)25-21(27)18-7-6-17(28-18)13-8-9-23-19(22)11-13/h2-3,6-11,15H,4-5H2,1H3,(H,24,26)(H,25,27). The Labute approximate surface area is 165 Å². The molecule has 0 unspecified atom stereocenters. The molecule has 2 heterocycles. The summed E-state index contributed by atoms with van der Waals surface area (Å²) in [5.74, 6) is -0.960. The minimum absolute atomic E-state index is 0.129. The van der Waals surface area contributed by atoms with Gasteiger partial charge in [0, 0.05) is 34.4 Å². The van der Waals surface area contributed by atoms with Gasteiger partial charge in [-0.25, -0.2) is 4.98 Å². The van der Waals surface area contributed by atoms with Gasteiger partial charge in [-0.3, -0.25) is 9.59 Å². The van der Waals surface area contributed by atoms with Gasteiger partial charge in [0.15, 0.2) is 0 Å². The van der Waals surface area contributed by atoms with Crippen LogP contribution in [-0.2, 0) is 0 Å². The van der Waals surface area contributed by atoms with Gasteiger partial charge in [0.25, 0.3) is 11.8 Å². The summed E-state index contributed by atoms with van der Waals surface area (Å²) in [6, 6.07) is 12.0. The number of aromatic nitrogens is 1. The number of nitrogens with one attached hydrogen (secondary N) is 2. The first-order chi connectivity index (χ1) is 13.5. The molecule has 0 spiro atoms. The van der Waals surface area contributed by atoms with Gasteiger partial charge in [-0.2, -0.15) is 4.39 Å². The van der Waals surface area contributed by atoms with Gasteiger partial charge in [0.1, 0.15) is 0 Å². The van der Waals surface area contributed by atoms with E-state index in [1.54, 1.807) is 30.3 Å². The van der Waals surface area contributed by atoms with E-state index in [0.717, 1.165) is 23.3 Å². The Morgan fingerprint density at radius 3 is 2.68 bits per heavy atom. The van der Waals surface area contributed by atoms with Gasteiger partial charge in [-0.1, -0.05) is 6.07 Å². The van der Waals surface area contributed by atoms with Crippen molar-refractivity contribution in [3.63, 3.8) is 0 Å². The molecule has 2 N–H and O–H groups in total. The largest absolute Gasteiger partial charge is 0.349 e. The fourth-order valence-corrected chi connectivity index (χ4v) is 3.65. The van der Waals surface area contributed by atoms with E-state index in [4.69, 9.17) is 0 Å². The number of hydrogen-bond acceptors (Lipinski definition) is 4. The molecule has 0 atom stereocenters. The zero-order chi connectivity index (χ0) is 19.7. The molecular weight excluding hydrogens is 377 g/mol. The molecule has 2 amide bonds. The topological polar surface area (TPSA) is 71.1 Å². The number of pyridine rings is 1. The van der Waals surface area contributed by atoms with Crippen LogP contribution in [0.2, 0.25) is 0 Å². The Balaban J connectivity index is 1.51. The fourth-order valence-electron chi connectivity index (χ4n) is 2.75. The SMILES string of the molecule is Cc1ccc(C(=O)NC2CC2)cc1NC(=O)c1ccc(-c2ccnc(F)c2)s1. The maximum Gasteiger partial charge on any atom is 0.265 e.